The summed E-state index contributed by atoms with van der Waals surface area (Å²) in [5.41, 5.74) is 3.39. The van der Waals surface area contributed by atoms with Gasteiger partial charge < -0.3 is 35.5 Å². The maximum absolute atomic E-state index is 12.4. The molecule has 5 aromatic carbocycles. The number of rotatable bonds is 17. The molecule has 324 valence electrons. The van der Waals surface area contributed by atoms with E-state index in [0.717, 1.165) is 0 Å². The number of carbonyl (C=O) groups is 3. The second-order valence-corrected chi connectivity index (χ2v) is 14.2. The largest absolute Gasteiger partial charge is 0.423 e. The number of ether oxygens (including phenoxy) is 3. The van der Waals surface area contributed by atoms with Crippen molar-refractivity contribution in [2.75, 3.05) is 26.2 Å². The Bertz CT molecular complexity index is 2840. The van der Waals surface area contributed by atoms with Gasteiger partial charge in [0.2, 0.25) is 35.7 Å². The highest BCUT2D eigenvalue weighted by atomic mass is 16.5. The Morgan fingerprint density at radius 2 is 0.723 bits per heavy atom. The summed E-state index contributed by atoms with van der Waals surface area (Å²) in [6.45, 7) is 15.7. The molecule has 0 saturated carbocycles. The smallest absolute Gasteiger partial charge is 0.338 e. The lowest BCUT2D eigenvalue weighted by molar-refractivity contribution is -0.130. The zero-order chi connectivity index (χ0) is 45.9. The van der Waals surface area contributed by atoms with Crippen LogP contribution in [0, 0.1) is 0 Å². The first kappa shape index (κ1) is 43.8. The van der Waals surface area contributed by atoms with Gasteiger partial charge in [-0.1, -0.05) is 74.3 Å². The first-order chi connectivity index (χ1) is 31.3. The van der Waals surface area contributed by atoms with E-state index >= 15 is 0 Å². The van der Waals surface area contributed by atoms with E-state index in [4.69, 9.17) is 34.1 Å². The van der Waals surface area contributed by atoms with Crippen molar-refractivity contribution in [2.24, 2.45) is 0 Å². The van der Waals surface area contributed by atoms with Crippen LogP contribution in [-0.2, 0) is 14.4 Å². The van der Waals surface area contributed by atoms with E-state index in [0.29, 0.717) is 28.4 Å². The van der Waals surface area contributed by atoms with Crippen molar-refractivity contribution in [1.82, 2.24) is 29.9 Å². The van der Waals surface area contributed by atoms with E-state index in [-0.39, 0.29) is 69.7 Å². The quantitative estimate of drug-likeness (QED) is 0.0381. The molecule has 2 aromatic heterocycles. The van der Waals surface area contributed by atoms with Gasteiger partial charge in [0.25, 0.3) is 0 Å². The Balaban J connectivity index is 1.35. The Kier molecular flexibility index (Phi) is 13.5. The Labute approximate surface area is 373 Å². The minimum atomic E-state index is -0.586. The fraction of sp³-hybridized carbons (Fsp3) is 0.0625. The highest BCUT2D eigenvalue weighted by molar-refractivity contribution is 5.90. The summed E-state index contributed by atoms with van der Waals surface area (Å²) in [5, 5.41) is 12.8. The van der Waals surface area contributed by atoms with E-state index in [1.54, 1.807) is 98.5 Å². The Hall–Kier alpha value is -9.25. The lowest BCUT2D eigenvalue weighted by Gasteiger charge is -2.23. The molecule has 0 radical (unpaired) electrons. The number of nitrogens with one attached hydrogen (secondary N) is 4. The van der Waals surface area contributed by atoms with Crippen molar-refractivity contribution in [2.45, 2.75) is 20.8 Å². The first-order valence-corrected chi connectivity index (χ1v) is 19.8. The van der Waals surface area contributed by atoms with Gasteiger partial charge >= 0.3 is 17.9 Å². The number of benzene rings is 5. The average molecular weight is 868 g/mol. The van der Waals surface area contributed by atoms with Crippen molar-refractivity contribution < 1.29 is 28.6 Å². The molecule has 4 N–H and O–H groups in total. The van der Waals surface area contributed by atoms with Gasteiger partial charge in [0.05, 0.1) is 5.69 Å². The van der Waals surface area contributed by atoms with Crippen LogP contribution in [0.5, 0.6) is 17.2 Å². The topological polar surface area (TPSA) is 208 Å². The minimum Gasteiger partial charge on any atom is -0.423 e. The normalized spacial score (nSPS) is 10.4. The van der Waals surface area contributed by atoms with Gasteiger partial charge in [0.1, 0.15) is 17.2 Å². The standard InChI is InChI=1S/C48H41N11O6/c1-29(2)40(60)63-37-23-13-18-33(26-37)50-44-53-43(49-32-16-9-7-10-17-32)55-47(56-44)59(36-21-11-8-12-22-36)48-57-45(51-34-19-14-24-38(27-34)64-41(61)30(3)4)54-46(58-48)52-35-20-15-25-39(28-35)65-42(62)31(5)6/h7-28H,1,3,5H2,2,4,6H3,(H2,49,50,53,55,56)(H2,51,52,54,57,58). The number of hydrogen-bond donors (Lipinski definition) is 4. The number of para-hydroxylation sites is 2. The van der Waals surface area contributed by atoms with Gasteiger partial charge in [-0.05, 0) is 81.4 Å². The lowest BCUT2D eigenvalue weighted by atomic mass is 10.3. The number of carbonyl (C=O) groups excluding carboxylic acids is 3. The number of nitrogens with zero attached hydrogens (tertiary/aromatic N) is 7. The van der Waals surface area contributed by atoms with Crippen LogP contribution >= 0.6 is 0 Å². The number of esters is 3. The molecule has 0 spiro atoms. The Morgan fingerprint density at radius 3 is 1.06 bits per heavy atom. The lowest BCUT2D eigenvalue weighted by Crippen LogP contribution is -2.20. The van der Waals surface area contributed by atoms with Crippen LogP contribution in [0.15, 0.2) is 170 Å². The zero-order valence-corrected chi connectivity index (χ0v) is 35.4. The van der Waals surface area contributed by atoms with E-state index in [1.807, 2.05) is 60.7 Å². The van der Waals surface area contributed by atoms with Gasteiger partial charge in [0, 0.05) is 57.7 Å². The highest BCUT2D eigenvalue weighted by Crippen LogP contribution is 2.34. The predicted molar refractivity (Wildman–Crippen MR) is 248 cm³/mol. The highest BCUT2D eigenvalue weighted by Gasteiger charge is 2.24. The van der Waals surface area contributed by atoms with Crippen molar-refractivity contribution in [3.05, 3.63) is 170 Å². The molecule has 0 fully saturated rings. The van der Waals surface area contributed by atoms with Crippen LogP contribution in [0.4, 0.5) is 64.1 Å². The van der Waals surface area contributed by atoms with Crippen LogP contribution in [0.2, 0.25) is 0 Å². The molecule has 7 aromatic rings. The van der Waals surface area contributed by atoms with E-state index in [9.17, 15) is 14.4 Å². The van der Waals surface area contributed by atoms with Crippen molar-refractivity contribution in [3.8, 4) is 17.2 Å². The van der Waals surface area contributed by atoms with Gasteiger partial charge in [-0.2, -0.15) is 29.9 Å². The molecule has 0 amide bonds. The third-order valence-electron chi connectivity index (χ3n) is 8.64. The summed E-state index contributed by atoms with van der Waals surface area (Å²) in [4.78, 5) is 67.5. The summed E-state index contributed by atoms with van der Waals surface area (Å²) >= 11 is 0. The summed E-state index contributed by atoms with van der Waals surface area (Å²) in [5.74, 6) is -0.472. The van der Waals surface area contributed by atoms with Crippen molar-refractivity contribution in [3.63, 3.8) is 0 Å². The minimum absolute atomic E-state index is 0.0439. The molecule has 0 aliphatic heterocycles. The molecular weight excluding hydrogens is 827 g/mol. The van der Waals surface area contributed by atoms with Gasteiger partial charge in [-0.15, -0.1) is 0 Å². The predicted octanol–water partition coefficient (Wildman–Crippen LogP) is 9.95. The average Bonchev–Trinajstić information content (AvgIpc) is 3.27. The number of aromatic nitrogens is 6. The fourth-order valence-corrected chi connectivity index (χ4v) is 5.58. The first-order valence-electron chi connectivity index (χ1n) is 19.8. The molecule has 17 heteroatoms. The number of hydrogen-bond acceptors (Lipinski definition) is 17. The molecule has 0 aliphatic carbocycles. The third kappa shape index (κ3) is 12.0. The van der Waals surface area contributed by atoms with Crippen LogP contribution in [0.25, 0.3) is 0 Å². The van der Waals surface area contributed by atoms with E-state index in [1.165, 1.54) is 0 Å². The molecular formula is C48H41N11O6. The SMILES string of the molecule is C=C(C)C(=O)Oc1cccc(Nc2nc(Nc3ccccc3)nc(N(c3ccccc3)c3nc(Nc4cccc(OC(=O)C(=C)C)c4)nc(Nc4cccc(OC(=O)C(=C)C)c4)n3)n2)c1. The van der Waals surface area contributed by atoms with Crippen LogP contribution < -0.4 is 40.4 Å². The summed E-state index contributed by atoms with van der Waals surface area (Å²) in [7, 11) is 0. The van der Waals surface area contributed by atoms with Crippen molar-refractivity contribution >= 4 is 82.0 Å². The van der Waals surface area contributed by atoms with Crippen molar-refractivity contribution in [1.29, 1.82) is 0 Å². The second-order valence-electron chi connectivity index (χ2n) is 14.2. The van der Waals surface area contributed by atoms with E-state index < -0.39 is 17.9 Å². The molecule has 0 saturated heterocycles. The molecule has 0 unspecified atom stereocenters. The maximum Gasteiger partial charge on any atom is 0.338 e. The molecule has 2 heterocycles. The van der Waals surface area contributed by atoms with Crippen LogP contribution in [0.3, 0.4) is 0 Å². The summed E-state index contributed by atoms with van der Waals surface area (Å²) < 4.78 is 16.4. The second kappa shape index (κ2) is 20.1. The molecule has 17 nitrogen and oxygen atoms in total. The molecule has 0 atom stereocenters. The zero-order valence-electron chi connectivity index (χ0n) is 35.4. The monoisotopic (exact) mass is 867 g/mol. The third-order valence-corrected chi connectivity index (χ3v) is 8.64. The maximum atomic E-state index is 12.4. The fourth-order valence-electron chi connectivity index (χ4n) is 5.58. The summed E-state index contributed by atoms with van der Waals surface area (Å²) in [6.07, 6.45) is 0. The van der Waals surface area contributed by atoms with Crippen LogP contribution in [0.1, 0.15) is 20.8 Å². The molecule has 7 rings (SSSR count). The van der Waals surface area contributed by atoms with E-state index in [2.05, 4.69) is 51.0 Å². The number of anilines is 11. The Morgan fingerprint density at radius 1 is 0.415 bits per heavy atom. The van der Waals surface area contributed by atoms with Crippen LogP contribution in [-0.4, -0.2) is 47.8 Å². The molecule has 0 aliphatic rings. The van der Waals surface area contributed by atoms with Gasteiger partial charge in [-0.3, -0.25) is 0 Å². The van der Waals surface area contributed by atoms with Gasteiger partial charge in [-0.25, -0.2) is 19.3 Å². The summed E-state index contributed by atoms with van der Waals surface area (Å²) in [6, 6.07) is 38.5. The molecule has 65 heavy (non-hydrogen) atoms. The molecule has 0 bridgehead atoms. The van der Waals surface area contributed by atoms with Gasteiger partial charge in [0.15, 0.2) is 0 Å².